The minimum absolute atomic E-state index is 0.0921. The highest BCUT2D eigenvalue weighted by Crippen LogP contribution is 2.44. The van der Waals surface area contributed by atoms with Crippen LogP contribution in [0.2, 0.25) is 0 Å². The summed E-state index contributed by atoms with van der Waals surface area (Å²) in [4.78, 5) is 29.1. The monoisotopic (exact) mass is 483 g/mol. The quantitative estimate of drug-likeness (QED) is 0.537. The van der Waals surface area contributed by atoms with E-state index in [-0.39, 0.29) is 49.5 Å². The van der Waals surface area contributed by atoms with Gasteiger partial charge in [0.05, 0.1) is 35.3 Å². The van der Waals surface area contributed by atoms with Crippen LogP contribution in [0.5, 0.6) is 0 Å². The lowest BCUT2D eigenvalue weighted by molar-refractivity contribution is -0.0554. The van der Waals surface area contributed by atoms with E-state index >= 15 is 0 Å². The number of imide groups is 1. The van der Waals surface area contributed by atoms with Crippen LogP contribution in [-0.4, -0.2) is 52.0 Å². The maximum absolute atomic E-state index is 13.8. The number of alkyl halides is 2. The van der Waals surface area contributed by atoms with Gasteiger partial charge >= 0.3 is 12.1 Å². The zero-order chi connectivity index (χ0) is 25.1. The molecule has 0 aromatic heterocycles. The number of hydrogen-bond donors (Lipinski definition) is 3. The highest BCUT2D eigenvalue weighted by atomic mass is 19.3. The first-order chi connectivity index (χ1) is 16.9. The molecule has 9 nitrogen and oxygen atoms in total. The fourth-order valence-electron chi connectivity index (χ4n) is 4.27. The Bertz CT molecular complexity index is 1200. The Morgan fingerprint density at radius 3 is 2.63 bits per heavy atom. The van der Waals surface area contributed by atoms with E-state index in [1.54, 1.807) is 12.1 Å². The molecule has 3 N–H and O–H groups in total. The van der Waals surface area contributed by atoms with Crippen molar-refractivity contribution in [2.75, 3.05) is 24.6 Å². The zero-order valence-corrected chi connectivity index (χ0v) is 18.6. The van der Waals surface area contributed by atoms with Crippen LogP contribution >= 0.6 is 0 Å². The standard InChI is InChI=1S/C24H23F2N5O4/c25-22(26)17-3-1-4-18(13-17)30-19-9-11-29(35)21(19)20(16-7-5-15(14-27)6-8-16)31(24(30)34)23(33)28-10-2-12-32/h1,3-8,13,20,22,32,35H,2,9-12H2,(H,28,33)/t20-/m0/s1. The van der Waals surface area contributed by atoms with Crippen molar-refractivity contribution < 1.29 is 28.7 Å². The minimum Gasteiger partial charge on any atom is -0.396 e. The molecule has 0 saturated carbocycles. The molecular weight excluding hydrogens is 460 g/mol. The van der Waals surface area contributed by atoms with Crippen molar-refractivity contribution in [1.82, 2.24) is 15.3 Å². The predicted molar refractivity (Wildman–Crippen MR) is 120 cm³/mol. The number of halogens is 2. The number of aliphatic hydroxyl groups excluding tert-OH is 1. The Kier molecular flexibility index (Phi) is 6.95. The number of benzene rings is 2. The number of hydrogen-bond acceptors (Lipinski definition) is 6. The molecule has 2 aromatic rings. The van der Waals surface area contributed by atoms with Gasteiger partial charge in [0.2, 0.25) is 0 Å². The topological polar surface area (TPSA) is 120 Å². The van der Waals surface area contributed by atoms with Gasteiger partial charge < -0.3 is 10.4 Å². The number of aliphatic hydroxyl groups is 1. The third-order valence-electron chi connectivity index (χ3n) is 5.88. The molecule has 2 aliphatic rings. The van der Waals surface area contributed by atoms with Gasteiger partial charge in [-0.2, -0.15) is 5.26 Å². The van der Waals surface area contributed by atoms with Crippen LogP contribution in [0.3, 0.4) is 0 Å². The van der Waals surface area contributed by atoms with E-state index in [1.165, 1.54) is 41.3 Å². The third-order valence-corrected chi connectivity index (χ3v) is 5.88. The molecule has 0 bridgehead atoms. The van der Waals surface area contributed by atoms with Crippen LogP contribution in [-0.2, 0) is 0 Å². The second-order valence-corrected chi connectivity index (χ2v) is 8.03. The van der Waals surface area contributed by atoms with E-state index in [9.17, 15) is 23.6 Å². The summed E-state index contributed by atoms with van der Waals surface area (Å²) in [7, 11) is 0. The molecule has 0 spiro atoms. The highest BCUT2D eigenvalue weighted by molar-refractivity contribution is 6.06. The largest absolute Gasteiger partial charge is 0.396 e. The molecule has 2 aromatic carbocycles. The summed E-state index contributed by atoms with van der Waals surface area (Å²) in [5.41, 5.74) is 1.35. The molecule has 4 amide bonds. The smallest absolute Gasteiger partial charge is 0.337 e. The number of nitrogens with zero attached hydrogens (tertiary/aromatic N) is 4. The summed E-state index contributed by atoms with van der Waals surface area (Å²) in [6, 6.07) is 11.0. The molecule has 0 aliphatic carbocycles. The highest BCUT2D eigenvalue weighted by Gasteiger charge is 2.48. The van der Waals surface area contributed by atoms with E-state index in [0.717, 1.165) is 9.96 Å². The Balaban J connectivity index is 1.87. The van der Waals surface area contributed by atoms with E-state index in [0.29, 0.717) is 16.8 Å². The Morgan fingerprint density at radius 1 is 1.23 bits per heavy atom. The van der Waals surface area contributed by atoms with Gasteiger partial charge in [-0.15, -0.1) is 0 Å². The summed E-state index contributed by atoms with van der Waals surface area (Å²) in [6.07, 6.45) is -2.26. The number of nitrogens with one attached hydrogen (secondary N) is 1. The van der Waals surface area contributed by atoms with Crippen molar-refractivity contribution in [2.45, 2.75) is 25.3 Å². The van der Waals surface area contributed by atoms with Gasteiger partial charge in [-0.1, -0.05) is 24.3 Å². The predicted octanol–water partition coefficient (Wildman–Crippen LogP) is 3.88. The number of urea groups is 2. The van der Waals surface area contributed by atoms with Crippen molar-refractivity contribution in [3.63, 3.8) is 0 Å². The average molecular weight is 483 g/mol. The maximum Gasteiger partial charge on any atom is 0.337 e. The van der Waals surface area contributed by atoms with Crippen molar-refractivity contribution in [3.8, 4) is 6.07 Å². The van der Waals surface area contributed by atoms with Crippen molar-refractivity contribution in [3.05, 3.63) is 76.6 Å². The first kappa shape index (κ1) is 24.1. The van der Waals surface area contributed by atoms with E-state index in [4.69, 9.17) is 10.4 Å². The molecule has 182 valence electrons. The van der Waals surface area contributed by atoms with Crippen LogP contribution < -0.4 is 10.2 Å². The first-order valence-corrected chi connectivity index (χ1v) is 11.0. The number of carbonyl (C=O) groups is 2. The zero-order valence-electron chi connectivity index (χ0n) is 18.6. The number of rotatable bonds is 6. The summed E-state index contributed by atoms with van der Waals surface area (Å²) in [6.45, 7) is 0.0596. The Morgan fingerprint density at radius 2 is 1.97 bits per heavy atom. The third kappa shape index (κ3) is 4.53. The van der Waals surface area contributed by atoms with Gasteiger partial charge in [0, 0.05) is 25.1 Å². The number of amides is 4. The molecule has 1 atom stereocenters. The second kappa shape index (κ2) is 10.1. The summed E-state index contributed by atoms with van der Waals surface area (Å²) < 4.78 is 26.8. The summed E-state index contributed by atoms with van der Waals surface area (Å²) >= 11 is 0. The molecule has 11 heteroatoms. The van der Waals surface area contributed by atoms with E-state index in [1.807, 2.05) is 6.07 Å². The molecule has 2 aliphatic heterocycles. The fourth-order valence-corrected chi connectivity index (χ4v) is 4.27. The SMILES string of the molecule is N#Cc1ccc([C@H]2C3=C(CCN3O)N(c3cccc(C(F)F)c3)C(=O)N2C(=O)NCCCO)cc1. The maximum atomic E-state index is 13.8. The lowest BCUT2D eigenvalue weighted by Crippen LogP contribution is -2.55. The van der Waals surface area contributed by atoms with Gasteiger partial charge in [-0.05, 0) is 36.2 Å². The first-order valence-electron chi connectivity index (χ1n) is 11.0. The molecule has 0 radical (unpaired) electrons. The molecular formula is C24H23F2N5O4. The van der Waals surface area contributed by atoms with Crippen molar-refractivity contribution in [1.29, 1.82) is 5.26 Å². The fraction of sp³-hybridized carbons (Fsp3) is 0.292. The summed E-state index contributed by atoms with van der Waals surface area (Å²) in [5, 5.41) is 32.5. The number of nitriles is 1. The number of carbonyl (C=O) groups excluding carboxylic acids is 2. The Labute approximate surface area is 200 Å². The molecule has 35 heavy (non-hydrogen) atoms. The molecule has 0 unspecified atom stereocenters. The lowest BCUT2D eigenvalue weighted by atomic mass is 9.97. The van der Waals surface area contributed by atoms with Crippen LogP contribution in [0.1, 0.15) is 42.0 Å². The minimum atomic E-state index is -2.76. The lowest BCUT2D eigenvalue weighted by Gasteiger charge is -2.41. The van der Waals surface area contributed by atoms with E-state index < -0.39 is 24.5 Å². The van der Waals surface area contributed by atoms with Crippen molar-refractivity contribution in [2.24, 2.45) is 0 Å². The van der Waals surface area contributed by atoms with E-state index in [2.05, 4.69) is 5.32 Å². The van der Waals surface area contributed by atoms with Crippen molar-refractivity contribution >= 4 is 17.7 Å². The van der Waals surface area contributed by atoms with Gasteiger partial charge in [0.25, 0.3) is 6.43 Å². The number of anilines is 1. The van der Waals surface area contributed by atoms with Crippen LogP contribution in [0.4, 0.5) is 24.1 Å². The molecule has 0 saturated heterocycles. The van der Waals surface area contributed by atoms with Crippen LogP contribution in [0.25, 0.3) is 0 Å². The molecule has 0 fully saturated rings. The molecule has 2 heterocycles. The summed E-state index contributed by atoms with van der Waals surface area (Å²) in [5.74, 6) is 0. The Hall–Kier alpha value is -4.01. The second-order valence-electron chi connectivity index (χ2n) is 8.03. The van der Waals surface area contributed by atoms with Gasteiger partial charge in [0.1, 0.15) is 6.04 Å². The van der Waals surface area contributed by atoms with Gasteiger partial charge in [-0.25, -0.2) is 23.3 Å². The normalized spacial score (nSPS) is 17.7. The van der Waals surface area contributed by atoms with Gasteiger partial charge in [0.15, 0.2) is 0 Å². The van der Waals surface area contributed by atoms with Crippen LogP contribution in [0, 0.1) is 11.3 Å². The average Bonchev–Trinajstić information content (AvgIpc) is 3.24. The van der Waals surface area contributed by atoms with Crippen LogP contribution in [0.15, 0.2) is 59.9 Å². The van der Waals surface area contributed by atoms with Gasteiger partial charge in [-0.3, -0.25) is 15.2 Å². The number of hydroxylamine groups is 2. The molecule has 4 rings (SSSR count).